The van der Waals surface area contributed by atoms with E-state index in [2.05, 4.69) is 4.98 Å². The molecule has 126 valence electrons. The van der Waals surface area contributed by atoms with Gasteiger partial charge in [-0.3, -0.25) is 4.55 Å². The van der Waals surface area contributed by atoms with Crippen molar-refractivity contribution in [3.8, 4) is 5.88 Å². The van der Waals surface area contributed by atoms with Crippen molar-refractivity contribution in [3.63, 3.8) is 0 Å². The van der Waals surface area contributed by atoms with Gasteiger partial charge in [0.15, 0.2) is 0 Å². The van der Waals surface area contributed by atoms with Gasteiger partial charge in [-0.15, -0.1) is 0 Å². The van der Waals surface area contributed by atoms with Crippen LogP contribution in [-0.2, 0) is 14.9 Å². The quantitative estimate of drug-likeness (QED) is 0.795. The fraction of sp³-hybridized carbons (Fsp3) is 0.167. The smallest absolute Gasteiger partial charge is 0.481 e. The lowest BCUT2D eigenvalue weighted by Crippen LogP contribution is -2.21. The highest BCUT2D eigenvalue weighted by Crippen LogP contribution is 2.20. The minimum absolute atomic E-state index is 0.180. The Morgan fingerprint density at radius 3 is 2.17 bits per heavy atom. The molecule has 0 saturated heterocycles. The first-order chi connectivity index (χ1) is 10.4. The van der Waals surface area contributed by atoms with Gasteiger partial charge in [0.05, 0.1) is 17.5 Å². The molecule has 0 aliphatic heterocycles. The maximum Gasteiger partial charge on any atom is 0.490 e. The highest BCUT2D eigenvalue weighted by Gasteiger charge is 2.38. The van der Waals surface area contributed by atoms with E-state index in [9.17, 15) is 21.6 Å². The number of aliphatic carboxylic acids is 1. The lowest BCUT2D eigenvalue weighted by molar-refractivity contribution is -0.192. The van der Waals surface area contributed by atoms with Crippen LogP contribution in [0.4, 0.5) is 13.2 Å². The van der Waals surface area contributed by atoms with Gasteiger partial charge in [-0.1, -0.05) is 6.07 Å². The molecule has 23 heavy (non-hydrogen) atoms. The molecule has 0 radical (unpaired) electrons. The molecule has 1 aromatic heterocycles. The van der Waals surface area contributed by atoms with E-state index in [1.807, 2.05) is 0 Å². The molecule has 2 rings (SSSR count). The topological polar surface area (TPSA) is 114 Å². The lowest BCUT2D eigenvalue weighted by atomic mass is 10.2. The molecule has 0 unspecified atom stereocenters. The normalized spacial score (nSPS) is 11.5. The number of methoxy groups -OCH3 is 1. The maximum atomic E-state index is 10.9. The number of hydrogen-bond donors (Lipinski definition) is 2. The Morgan fingerprint density at radius 1 is 1.22 bits per heavy atom. The van der Waals surface area contributed by atoms with Crippen LogP contribution >= 0.6 is 0 Å². The van der Waals surface area contributed by atoms with Crippen LogP contribution in [-0.4, -0.2) is 42.3 Å². The SMILES string of the molecule is COc1ccc2ccc(S(=O)(=O)O)cc2n1.O=C(O)C(F)(F)F. The first-order valence-electron chi connectivity index (χ1n) is 5.67. The minimum Gasteiger partial charge on any atom is -0.481 e. The Bertz CT molecular complexity index is 819. The third-order valence-corrected chi connectivity index (χ3v) is 3.24. The summed E-state index contributed by atoms with van der Waals surface area (Å²) in [6.45, 7) is 0. The summed E-state index contributed by atoms with van der Waals surface area (Å²) in [7, 11) is -2.72. The zero-order valence-electron chi connectivity index (χ0n) is 11.4. The molecule has 7 nitrogen and oxygen atoms in total. The third kappa shape index (κ3) is 5.38. The standard InChI is InChI=1S/C10H9NO4S.C2HF3O2/c1-15-10-5-3-7-2-4-8(16(12,13)14)6-9(7)11-10;3-2(4,5)1(6)7/h2-6H,1H3,(H,12,13,14);(H,6,7). The predicted octanol–water partition coefficient (Wildman–Crippen LogP) is 2.12. The van der Waals surface area contributed by atoms with E-state index in [0.29, 0.717) is 11.4 Å². The van der Waals surface area contributed by atoms with E-state index in [1.54, 1.807) is 18.2 Å². The number of carboxylic acids is 1. The average Bonchev–Trinajstić information content (AvgIpc) is 2.44. The summed E-state index contributed by atoms with van der Waals surface area (Å²) in [4.78, 5) is 12.8. The molecule has 0 fully saturated rings. The first-order valence-corrected chi connectivity index (χ1v) is 7.11. The first kappa shape index (κ1) is 18.6. The van der Waals surface area contributed by atoms with E-state index in [-0.39, 0.29) is 4.90 Å². The van der Waals surface area contributed by atoms with Gasteiger partial charge in [-0.05, 0) is 18.2 Å². The summed E-state index contributed by atoms with van der Waals surface area (Å²) in [6.07, 6.45) is -5.08. The van der Waals surface area contributed by atoms with Gasteiger partial charge in [-0.25, -0.2) is 9.78 Å². The summed E-state index contributed by atoms with van der Waals surface area (Å²) in [5, 5.41) is 7.90. The molecule has 0 amide bonds. The van der Waals surface area contributed by atoms with Crippen molar-refractivity contribution in [2.24, 2.45) is 0 Å². The monoisotopic (exact) mass is 353 g/mol. The van der Waals surface area contributed by atoms with E-state index in [1.165, 1.54) is 19.2 Å². The Labute approximate surface area is 128 Å². The van der Waals surface area contributed by atoms with Crippen LogP contribution in [0.2, 0.25) is 0 Å². The van der Waals surface area contributed by atoms with Gasteiger partial charge >= 0.3 is 12.1 Å². The molecule has 2 N–H and O–H groups in total. The fourth-order valence-electron chi connectivity index (χ4n) is 1.35. The van der Waals surface area contributed by atoms with Crippen LogP contribution in [0.15, 0.2) is 35.2 Å². The number of benzene rings is 1. The van der Waals surface area contributed by atoms with Crippen LogP contribution in [0.5, 0.6) is 5.88 Å². The number of carbonyl (C=O) groups is 1. The van der Waals surface area contributed by atoms with Crippen LogP contribution in [0.25, 0.3) is 10.9 Å². The van der Waals surface area contributed by atoms with E-state index in [0.717, 1.165) is 5.39 Å². The van der Waals surface area contributed by atoms with Crippen LogP contribution < -0.4 is 4.74 Å². The van der Waals surface area contributed by atoms with Crippen molar-refractivity contribution < 1.29 is 40.8 Å². The summed E-state index contributed by atoms with van der Waals surface area (Å²) >= 11 is 0. The van der Waals surface area contributed by atoms with Crippen molar-refractivity contribution in [2.45, 2.75) is 11.1 Å². The van der Waals surface area contributed by atoms with Crippen molar-refractivity contribution in [2.75, 3.05) is 7.11 Å². The maximum absolute atomic E-state index is 10.9. The number of aromatic nitrogens is 1. The molecular formula is C12H10F3NO6S. The zero-order chi connectivity index (χ0) is 17.8. The number of halogens is 3. The highest BCUT2D eigenvalue weighted by molar-refractivity contribution is 7.85. The van der Waals surface area contributed by atoms with E-state index in [4.69, 9.17) is 19.2 Å². The molecule has 11 heteroatoms. The Kier molecular flexibility index (Phi) is 5.51. The van der Waals surface area contributed by atoms with Crippen molar-refractivity contribution in [1.82, 2.24) is 4.98 Å². The second-order valence-electron chi connectivity index (χ2n) is 3.99. The lowest BCUT2D eigenvalue weighted by Gasteiger charge is -2.02. The molecule has 2 aromatic rings. The zero-order valence-corrected chi connectivity index (χ0v) is 12.2. The second kappa shape index (κ2) is 6.79. The Morgan fingerprint density at radius 2 is 1.74 bits per heavy atom. The van der Waals surface area contributed by atoms with Gasteiger partial charge in [0.2, 0.25) is 5.88 Å². The minimum atomic E-state index is -5.08. The second-order valence-corrected chi connectivity index (χ2v) is 5.41. The molecule has 0 saturated carbocycles. The van der Waals surface area contributed by atoms with Crippen molar-refractivity contribution in [1.29, 1.82) is 0 Å². The molecule has 0 atom stereocenters. The number of ether oxygens (including phenoxy) is 1. The summed E-state index contributed by atoms with van der Waals surface area (Å²) in [6, 6.07) is 7.63. The molecule has 1 aromatic carbocycles. The number of hydrogen-bond acceptors (Lipinski definition) is 5. The molecule has 0 spiro atoms. The number of fused-ring (bicyclic) bond motifs is 1. The molecule has 0 aliphatic carbocycles. The molecular weight excluding hydrogens is 343 g/mol. The largest absolute Gasteiger partial charge is 0.490 e. The number of nitrogens with zero attached hydrogens (tertiary/aromatic N) is 1. The van der Waals surface area contributed by atoms with Crippen molar-refractivity contribution >= 4 is 27.0 Å². The van der Waals surface area contributed by atoms with Crippen LogP contribution in [0.1, 0.15) is 0 Å². The molecule has 1 heterocycles. The van der Waals surface area contributed by atoms with Gasteiger partial charge in [0.25, 0.3) is 10.1 Å². The number of alkyl halides is 3. The van der Waals surface area contributed by atoms with Crippen LogP contribution in [0.3, 0.4) is 0 Å². The predicted molar refractivity (Wildman–Crippen MR) is 71.8 cm³/mol. The van der Waals surface area contributed by atoms with E-state index >= 15 is 0 Å². The Balaban J connectivity index is 0.000000322. The number of pyridine rings is 1. The molecule has 0 aliphatic rings. The number of rotatable bonds is 2. The van der Waals surface area contributed by atoms with E-state index < -0.39 is 22.3 Å². The average molecular weight is 353 g/mol. The van der Waals surface area contributed by atoms with Gasteiger partial charge in [0, 0.05) is 11.5 Å². The molecule has 0 bridgehead atoms. The van der Waals surface area contributed by atoms with Crippen LogP contribution in [0, 0.1) is 0 Å². The summed E-state index contributed by atoms with van der Waals surface area (Å²) < 4.78 is 67.4. The van der Waals surface area contributed by atoms with Gasteiger partial charge < -0.3 is 9.84 Å². The fourth-order valence-corrected chi connectivity index (χ4v) is 1.85. The van der Waals surface area contributed by atoms with Gasteiger partial charge in [0.1, 0.15) is 0 Å². The van der Waals surface area contributed by atoms with Crippen molar-refractivity contribution in [3.05, 3.63) is 30.3 Å². The summed E-state index contributed by atoms with van der Waals surface area (Å²) in [5.41, 5.74) is 0.453. The third-order valence-electron chi connectivity index (χ3n) is 2.39. The highest BCUT2D eigenvalue weighted by atomic mass is 32.2. The summed E-state index contributed by atoms with van der Waals surface area (Å²) in [5.74, 6) is -2.37. The van der Waals surface area contributed by atoms with Gasteiger partial charge in [-0.2, -0.15) is 21.6 Å². The number of carboxylic acid groups (broad SMARTS) is 1. The Hall–Kier alpha value is -2.40.